The normalized spacial score (nSPS) is 17.2. The monoisotopic (exact) mass is 315 g/mol. The molecule has 1 saturated carbocycles. The van der Waals surface area contributed by atoms with Gasteiger partial charge in [-0.25, -0.2) is 9.67 Å². The minimum atomic E-state index is 0.543. The highest BCUT2D eigenvalue weighted by Crippen LogP contribution is 2.36. The molecule has 0 unspecified atom stereocenters. The van der Waals surface area contributed by atoms with Crippen LogP contribution in [-0.4, -0.2) is 33.1 Å². The Morgan fingerprint density at radius 2 is 1.79 bits per heavy atom. The molecular weight excluding hydrogens is 298 g/mol. The number of aliphatic imine (C=N–C) groups is 2. The molecule has 5 rings (SSSR count). The average Bonchev–Trinajstić information content (AvgIpc) is 3.18. The summed E-state index contributed by atoms with van der Waals surface area (Å²) in [5, 5.41) is 8.61. The molecule has 0 atom stereocenters. The van der Waals surface area contributed by atoms with Gasteiger partial charge in [0, 0.05) is 11.1 Å². The van der Waals surface area contributed by atoms with Gasteiger partial charge in [-0.15, -0.1) is 5.10 Å². The van der Waals surface area contributed by atoms with Crippen LogP contribution >= 0.6 is 0 Å². The van der Waals surface area contributed by atoms with E-state index < -0.39 is 0 Å². The van der Waals surface area contributed by atoms with Crippen LogP contribution in [0.2, 0.25) is 0 Å². The van der Waals surface area contributed by atoms with E-state index in [1.807, 2.05) is 4.68 Å². The number of nitrogens with zero attached hydrogens (tertiary/aromatic N) is 5. The Morgan fingerprint density at radius 3 is 2.58 bits per heavy atom. The summed E-state index contributed by atoms with van der Waals surface area (Å²) >= 11 is 0. The first-order valence-electron chi connectivity index (χ1n) is 8.32. The molecule has 0 spiro atoms. The zero-order valence-corrected chi connectivity index (χ0v) is 13.5. The number of aromatic nitrogens is 3. The molecule has 0 amide bonds. The summed E-state index contributed by atoms with van der Waals surface area (Å²) in [7, 11) is 0. The maximum Gasteiger partial charge on any atom is 0.155 e. The van der Waals surface area contributed by atoms with E-state index in [0.717, 1.165) is 33.7 Å². The van der Waals surface area contributed by atoms with E-state index in [-0.39, 0.29) is 0 Å². The van der Waals surface area contributed by atoms with Crippen molar-refractivity contribution >= 4 is 22.6 Å². The Balaban J connectivity index is 1.47. The van der Waals surface area contributed by atoms with Crippen molar-refractivity contribution in [2.45, 2.75) is 25.8 Å². The maximum atomic E-state index is 4.73. The van der Waals surface area contributed by atoms with Crippen molar-refractivity contribution in [3.63, 3.8) is 0 Å². The molecule has 1 fully saturated rings. The van der Waals surface area contributed by atoms with Crippen LogP contribution in [0.4, 0.5) is 0 Å². The van der Waals surface area contributed by atoms with Crippen molar-refractivity contribution in [2.75, 3.05) is 6.54 Å². The Kier molecular flexibility index (Phi) is 2.89. The van der Waals surface area contributed by atoms with Crippen LogP contribution in [-0.2, 0) is 0 Å². The van der Waals surface area contributed by atoms with Gasteiger partial charge in [0.05, 0.1) is 23.8 Å². The smallest absolute Gasteiger partial charge is 0.155 e. The second kappa shape index (κ2) is 5.09. The van der Waals surface area contributed by atoms with Gasteiger partial charge in [0.25, 0.3) is 0 Å². The molecule has 5 heteroatoms. The van der Waals surface area contributed by atoms with Crippen molar-refractivity contribution in [3.8, 4) is 0 Å². The number of rotatable bonds is 3. The van der Waals surface area contributed by atoms with Gasteiger partial charge < -0.3 is 0 Å². The number of aryl methyl sites for hydroxylation is 1. The molecule has 1 aliphatic heterocycles. The SMILES string of the molecule is Cc1ccc(C2=NCC(c3ccc4c(c3)nnn4C3CC3)=N2)cc1. The van der Waals surface area contributed by atoms with Crippen LogP contribution in [0.3, 0.4) is 0 Å². The van der Waals surface area contributed by atoms with E-state index in [1.54, 1.807) is 0 Å². The van der Waals surface area contributed by atoms with Crippen LogP contribution in [0.1, 0.15) is 35.6 Å². The Labute approximate surface area is 139 Å². The lowest BCUT2D eigenvalue weighted by Gasteiger charge is -2.01. The van der Waals surface area contributed by atoms with Crippen LogP contribution in [0.25, 0.3) is 11.0 Å². The van der Waals surface area contributed by atoms with Crippen molar-refractivity contribution < 1.29 is 0 Å². The molecule has 2 heterocycles. The van der Waals surface area contributed by atoms with E-state index in [2.05, 4.69) is 64.7 Å². The molecule has 24 heavy (non-hydrogen) atoms. The van der Waals surface area contributed by atoms with Crippen molar-refractivity contribution in [3.05, 3.63) is 59.2 Å². The second-order valence-corrected chi connectivity index (χ2v) is 6.53. The number of benzene rings is 2. The topological polar surface area (TPSA) is 55.4 Å². The fourth-order valence-electron chi connectivity index (χ4n) is 3.07. The first-order chi connectivity index (χ1) is 11.8. The Bertz CT molecular complexity index is 990. The van der Waals surface area contributed by atoms with Gasteiger partial charge in [-0.2, -0.15) is 0 Å². The third-order valence-corrected chi connectivity index (χ3v) is 4.63. The molecule has 3 aromatic rings. The van der Waals surface area contributed by atoms with Gasteiger partial charge in [-0.3, -0.25) is 4.99 Å². The molecule has 0 bridgehead atoms. The van der Waals surface area contributed by atoms with Crippen molar-refractivity contribution in [1.82, 2.24) is 15.0 Å². The van der Waals surface area contributed by atoms with E-state index in [4.69, 9.17) is 4.99 Å². The van der Waals surface area contributed by atoms with E-state index in [0.29, 0.717) is 12.6 Å². The summed E-state index contributed by atoms with van der Waals surface area (Å²) in [5.74, 6) is 0.812. The lowest BCUT2D eigenvalue weighted by atomic mass is 10.1. The van der Waals surface area contributed by atoms with Gasteiger partial charge in [0.2, 0.25) is 0 Å². The largest absolute Gasteiger partial charge is 0.260 e. The summed E-state index contributed by atoms with van der Waals surface area (Å²) in [6.07, 6.45) is 2.42. The van der Waals surface area contributed by atoms with Gasteiger partial charge in [0.1, 0.15) is 5.52 Å². The summed E-state index contributed by atoms with van der Waals surface area (Å²) in [5.41, 5.74) is 6.43. The molecular formula is C19H17N5. The molecule has 0 radical (unpaired) electrons. The molecule has 2 aromatic carbocycles. The van der Waals surface area contributed by atoms with Crippen molar-refractivity contribution in [2.24, 2.45) is 9.98 Å². The third kappa shape index (κ3) is 2.24. The van der Waals surface area contributed by atoms with Gasteiger partial charge in [-0.05, 0) is 31.9 Å². The highest BCUT2D eigenvalue weighted by atomic mass is 15.4. The fraction of sp³-hybridized carbons (Fsp3) is 0.263. The quantitative estimate of drug-likeness (QED) is 0.744. The lowest BCUT2D eigenvalue weighted by Crippen LogP contribution is -2.02. The minimum absolute atomic E-state index is 0.543. The Morgan fingerprint density at radius 1 is 1.00 bits per heavy atom. The molecule has 118 valence electrons. The first-order valence-corrected chi connectivity index (χ1v) is 8.32. The first kappa shape index (κ1) is 13.6. The summed E-state index contributed by atoms with van der Waals surface area (Å²) in [4.78, 5) is 9.32. The summed E-state index contributed by atoms with van der Waals surface area (Å²) < 4.78 is 2.05. The number of fused-ring (bicyclic) bond motifs is 1. The molecule has 2 aliphatic rings. The maximum absolute atomic E-state index is 4.73. The predicted octanol–water partition coefficient (Wildman–Crippen LogP) is 3.32. The molecule has 0 saturated heterocycles. The zero-order valence-electron chi connectivity index (χ0n) is 13.5. The van der Waals surface area contributed by atoms with E-state index in [1.165, 1.54) is 18.4 Å². The number of hydrogen-bond acceptors (Lipinski definition) is 4. The van der Waals surface area contributed by atoms with E-state index in [9.17, 15) is 0 Å². The third-order valence-electron chi connectivity index (χ3n) is 4.63. The predicted molar refractivity (Wildman–Crippen MR) is 94.9 cm³/mol. The van der Waals surface area contributed by atoms with Gasteiger partial charge in [0.15, 0.2) is 5.84 Å². The average molecular weight is 315 g/mol. The van der Waals surface area contributed by atoms with Crippen LogP contribution in [0.5, 0.6) is 0 Å². The molecule has 5 nitrogen and oxygen atoms in total. The number of amidine groups is 1. The highest BCUT2D eigenvalue weighted by molar-refractivity contribution is 6.17. The van der Waals surface area contributed by atoms with E-state index >= 15 is 0 Å². The highest BCUT2D eigenvalue weighted by Gasteiger charge is 2.26. The molecule has 1 aromatic heterocycles. The minimum Gasteiger partial charge on any atom is -0.260 e. The van der Waals surface area contributed by atoms with Crippen LogP contribution in [0, 0.1) is 6.92 Å². The second-order valence-electron chi connectivity index (χ2n) is 6.53. The summed E-state index contributed by atoms with van der Waals surface area (Å²) in [6, 6.07) is 15.2. The van der Waals surface area contributed by atoms with Crippen LogP contribution < -0.4 is 0 Å². The Hall–Kier alpha value is -2.82. The summed E-state index contributed by atoms with van der Waals surface area (Å²) in [6.45, 7) is 2.70. The van der Waals surface area contributed by atoms with Crippen LogP contribution in [0.15, 0.2) is 52.4 Å². The fourth-order valence-corrected chi connectivity index (χ4v) is 3.07. The van der Waals surface area contributed by atoms with Gasteiger partial charge >= 0.3 is 0 Å². The number of hydrogen-bond donors (Lipinski definition) is 0. The lowest BCUT2D eigenvalue weighted by molar-refractivity contribution is 0.630. The van der Waals surface area contributed by atoms with Crippen molar-refractivity contribution in [1.29, 1.82) is 0 Å². The zero-order chi connectivity index (χ0) is 16.1. The molecule has 0 N–H and O–H groups in total. The van der Waals surface area contributed by atoms with Gasteiger partial charge in [-0.1, -0.05) is 41.1 Å². The standard InChI is InChI=1S/C19H17N5/c1-12-2-4-13(5-3-12)19-20-11-17(21-19)14-6-9-18-16(10-14)22-23-24(18)15-7-8-15/h2-6,9-10,15H,7-8,11H2,1H3. The molecule has 1 aliphatic carbocycles.